The summed E-state index contributed by atoms with van der Waals surface area (Å²) in [4.78, 5) is 50.0. The van der Waals surface area contributed by atoms with E-state index < -0.39 is 54.3 Å². The summed E-state index contributed by atoms with van der Waals surface area (Å²) < 4.78 is 29.9. The maximum Gasteiger partial charge on any atom is 0.308 e. The van der Waals surface area contributed by atoms with Crippen LogP contribution in [0.15, 0.2) is 12.7 Å². The predicted octanol–water partition coefficient (Wildman–Crippen LogP) is 2.07. The van der Waals surface area contributed by atoms with Gasteiger partial charge in [-0.3, -0.25) is 19.0 Å². The Hall–Kier alpha value is -3.28. The molecule has 2 aromatic heterocycles. The van der Waals surface area contributed by atoms with Crippen molar-refractivity contribution in [2.45, 2.75) is 66.1 Å². The summed E-state index contributed by atoms with van der Waals surface area (Å²) in [5.41, 5.74) is 0.735. The van der Waals surface area contributed by atoms with Crippen molar-refractivity contribution >= 4 is 29.1 Å². The molecule has 3 heterocycles. The lowest BCUT2D eigenvalue weighted by Gasteiger charge is -2.26. The van der Waals surface area contributed by atoms with Gasteiger partial charge in [0.2, 0.25) is 5.88 Å². The van der Waals surface area contributed by atoms with Crippen LogP contribution in [0.1, 0.15) is 47.8 Å². The number of hydrogen-bond acceptors (Lipinski definition) is 11. The minimum absolute atomic E-state index is 0.204. The van der Waals surface area contributed by atoms with Gasteiger partial charge in [-0.2, -0.15) is 4.98 Å². The summed E-state index contributed by atoms with van der Waals surface area (Å²) in [7, 11) is 1.46. The molecule has 12 heteroatoms. The molecule has 0 bridgehead atoms. The number of ether oxygens (including phenoxy) is 5. The third-order valence-electron chi connectivity index (χ3n) is 5.39. The molecule has 0 N–H and O–H groups in total. The molecule has 0 aliphatic carbocycles. The van der Waals surface area contributed by atoms with Crippen LogP contribution in [0.3, 0.4) is 0 Å². The zero-order valence-electron chi connectivity index (χ0n) is 21.0. The Morgan fingerprint density at radius 2 is 1.51 bits per heavy atom. The molecule has 3 rings (SSSR count). The quantitative estimate of drug-likeness (QED) is 0.375. The summed E-state index contributed by atoms with van der Waals surface area (Å²) in [5, 5.41) is 0. The maximum atomic E-state index is 12.6. The lowest BCUT2D eigenvalue weighted by Crippen LogP contribution is -2.42. The van der Waals surface area contributed by atoms with Crippen LogP contribution in [0, 0.1) is 17.8 Å². The Morgan fingerprint density at radius 3 is 2.09 bits per heavy atom. The number of carbonyl (C=O) groups excluding carboxylic acids is 3. The van der Waals surface area contributed by atoms with Crippen molar-refractivity contribution in [1.82, 2.24) is 19.5 Å². The van der Waals surface area contributed by atoms with Gasteiger partial charge in [-0.1, -0.05) is 41.5 Å². The highest BCUT2D eigenvalue weighted by molar-refractivity contribution is 5.76. The largest absolute Gasteiger partial charge is 0.479 e. The second kappa shape index (κ2) is 11.0. The fourth-order valence-corrected chi connectivity index (χ4v) is 3.37. The van der Waals surface area contributed by atoms with Crippen LogP contribution in [0.5, 0.6) is 5.88 Å². The first-order valence-corrected chi connectivity index (χ1v) is 11.5. The first-order chi connectivity index (χ1) is 16.5. The molecule has 12 nitrogen and oxygen atoms in total. The standard InChI is InChI=1S/C23H32N4O8/c1-11(2)21(28)32-8-14-16(34-22(29)12(3)4)17(35-23(30)13(5)6)20(33-14)27-10-26-15-18(27)24-9-25-19(15)31-7/h9-14,16-17,20H,8H2,1-7H3. The molecule has 4 atom stereocenters. The zero-order valence-corrected chi connectivity index (χ0v) is 21.0. The Balaban J connectivity index is 2.03. The van der Waals surface area contributed by atoms with Crippen LogP contribution in [0.4, 0.5) is 0 Å². The maximum absolute atomic E-state index is 12.6. The lowest BCUT2D eigenvalue weighted by molar-refractivity contribution is -0.173. The van der Waals surface area contributed by atoms with Crippen LogP contribution in [-0.2, 0) is 33.3 Å². The number of imidazole rings is 1. The van der Waals surface area contributed by atoms with Crippen molar-refractivity contribution in [1.29, 1.82) is 0 Å². The minimum atomic E-state index is -1.06. The van der Waals surface area contributed by atoms with Crippen LogP contribution in [-0.4, -0.2) is 69.5 Å². The summed E-state index contributed by atoms with van der Waals surface area (Å²) in [5.74, 6) is -2.45. The van der Waals surface area contributed by atoms with Gasteiger partial charge in [-0.25, -0.2) is 9.97 Å². The number of aromatic nitrogens is 4. The van der Waals surface area contributed by atoms with Gasteiger partial charge in [0.15, 0.2) is 29.6 Å². The number of esters is 3. The normalized spacial score (nSPS) is 22.1. The number of fused-ring (bicyclic) bond motifs is 1. The first kappa shape index (κ1) is 26.3. The first-order valence-electron chi connectivity index (χ1n) is 11.5. The molecule has 0 spiro atoms. The molecule has 1 fully saturated rings. The van der Waals surface area contributed by atoms with Crippen LogP contribution in [0.25, 0.3) is 11.2 Å². The molecule has 0 radical (unpaired) electrons. The second-order valence-electron chi connectivity index (χ2n) is 9.17. The predicted molar refractivity (Wildman–Crippen MR) is 121 cm³/mol. The van der Waals surface area contributed by atoms with Crippen molar-refractivity contribution in [3.8, 4) is 5.88 Å². The fraction of sp³-hybridized carbons (Fsp3) is 0.652. The molecule has 1 aliphatic heterocycles. The molecule has 2 aromatic rings. The van der Waals surface area contributed by atoms with E-state index in [0.29, 0.717) is 11.2 Å². The van der Waals surface area contributed by atoms with Crippen LogP contribution < -0.4 is 4.74 Å². The minimum Gasteiger partial charge on any atom is -0.479 e. The zero-order chi connectivity index (χ0) is 25.9. The number of methoxy groups -OCH3 is 1. The third-order valence-corrected chi connectivity index (χ3v) is 5.39. The monoisotopic (exact) mass is 492 g/mol. The summed E-state index contributed by atoms with van der Waals surface area (Å²) in [6.07, 6.45) is -1.23. The second-order valence-corrected chi connectivity index (χ2v) is 9.17. The Kier molecular flexibility index (Phi) is 8.26. The highest BCUT2D eigenvalue weighted by atomic mass is 16.7. The highest BCUT2D eigenvalue weighted by Gasteiger charge is 2.52. The molecule has 0 saturated carbocycles. The van der Waals surface area contributed by atoms with Crippen molar-refractivity contribution in [2.24, 2.45) is 17.8 Å². The Bertz CT molecular complexity index is 1070. The summed E-state index contributed by atoms with van der Waals surface area (Å²) >= 11 is 0. The molecule has 1 aliphatic rings. The molecule has 4 unspecified atom stereocenters. The number of rotatable bonds is 9. The van der Waals surface area contributed by atoms with Gasteiger partial charge < -0.3 is 23.7 Å². The molecule has 0 amide bonds. The van der Waals surface area contributed by atoms with Crippen molar-refractivity contribution < 1.29 is 38.1 Å². The van der Waals surface area contributed by atoms with Gasteiger partial charge in [-0.15, -0.1) is 0 Å². The van der Waals surface area contributed by atoms with E-state index in [2.05, 4.69) is 15.0 Å². The average Bonchev–Trinajstić information content (AvgIpc) is 3.38. The fourth-order valence-electron chi connectivity index (χ4n) is 3.37. The van der Waals surface area contributed by atoms with E-state index in [4.69, 9.17) is 23.7 Å². The Morgan fingerprint density at radius 1 is 0.914 bits per heavy atom. The Labute approximate surface area is 203 Å². The van der Waals surface area contributed by atoms with Gasteiger partial charge in [0.25, 0.3) is 0 Å². The SMILES string of the molecule is COc1ncnc2c1ncn2C1OC(COC(=O)C(C)C)C(OC(=O)C(C)C)C1OC(=O)C(C)C. The summed E-state index contributed by atoms with van der Waals surface area (Å²) in [6, 6.07) is 0. The van der Waals surface area contributed by atoms with Gasteiger partial charge in [0.1, 0.15) is 19.0 Å². The topological polar surface area (TPSA) is 141 Å². The molecule has 0 aromatic carbocycles. The van der Waals surface area contributed by atoms with E-state index in [1.807, 2.05) is 0 Å². The molecular formula is C23H32N4O8. The van der Waals surface area contributed by atoms with Gasteiger partial charge in [0, 0.05) is 0 Å². The molecule has 35 heavy (non-hydrogen) atoms. The molecular weight excluding hydrogens is 460 g/mol. The van der Waals surface area contributed by atoms with Crippen LogP contribution >= 0.6 is 0 Å². The van der Waals surface area contributed by atoms with Crippen LogP contribution in [0.2, 0.25) is 0 Å². The van der Waals surface area contributed by atoms with E-state index >= 15 is 0 Å². The third kappa shape index (κ3) is 5.69. The van der Waals surface area contributed by atoms with Gasteiger partial charge in [0.05, 0.1) is 31.2 Å². The van der Waals surface area contributed by atoms with E-state index in [1.165, 1.54) is 19.8 Å². The average molecular weight is 493 g/mol. The lowest BCUT2D eigenvalue weighted by atomic mass is 10.1. The van der Waals surface area contributed by atoms with Gasteiger partial charge in [-0.05, 0) is 0 Å². The smallest absolute Gasteiger partial charge is 0.308 e. The number of carbonyl (C=O) groups is 3. The van der Waals surface area contributed by atoms with E-state index in [0.717, 1.165) is 0 Å². The van der Waals surface area contributed by atoms with E-state index in [9.17, 15) is 14.4 Å². The van der Waals surface area contributed by atoms with Crippen molar-refractivity contribution in [2.75, 3.05) is 13.7 Å². The molecule has 192 valence electrons. The van der Waals surface area contributed by atoms with E-state index in [1.54, 1.807) is 46.1 Å². The highest BCUT2D eigenvalue weighted by Crippen LogP contribution is 2.37. The van der Waals surface area contributed by atoms with E-state index in [-0.39, 0.29) is 18.4 Å². The van der Waals surface area contributed by atoms with Crippen molar-refractivity contribution in [3.05, 3.63) is 12.7 Å². The number of nitrogens with zero attached hydrogens (tertiary/aromatic N) is 4. The summed E-state index contributed by atoms with van der Waals surface area (Å²) in [6.45, 7) is 9.95. The van der Waals surface area contributed by atoms with Crippen molar-refractivity contribution in [3.63, 3.8) is 0 Å². The number of hydrogen-bond donors (Lipinski definition) is 0. The molecule has 1 saturated heterocycles. The van der Waals surface area contributed by atoms with Gasteiger partial charge >= 0.3 is 17.9 Å².